The highest BCUT2D eigenvalue weighted by atomic mass is 35.5. The van der Waals surface area contributed by atoms with Crippen LogP contribution < -0.4 is 15.2 Å². The van der Waals surface area contributed by atoms with E-state index < -0.39 is 0 Å². The molecule has 0 radical (unpaired) electrons. The number of nitrogens with zero attached hydrogens (tertiary/aromatic N) is 5. The molecule has 2 aromatic heterocycles. The zero-order valence-corrected chi connectivity index (χ0v) is 18.0. The van der Waals surface area contributed by atoms with E-state index in [-0.39, 0.29) is 12.3 Å². The van der Waals surface area contributed by atoms with Gasteiger partial charge in [0.15, 0.2) is 0 Å². The van der Waals surface area contributed by atoms with Crippen LogP contribution in [0.15, 0.2) is 59.5 Å². The molecule has 0 saturated heterocycles. The Balaban J connectivity index is 1.63. The summed E-state index contributed by atoms with van der Waals surface area (Å²) in [4.78, 5) is 16.7. The van der Waals surface area contributed by atoms with Crippen LogP contribution in [0.3, 0.4) is 0 Å². The van der Waals surface area contributed by atoms with Crippen LogP contribution in [0.25, 0.3) is 16.9 Å². The standard InChI is InChI=1S/C22H20ClN5O3/c1-14-11-15(18-9-8-16(23)12-24-18)7-10-20(14)31-13-17-19(5-4-6-21(17)30-3)28-22(29)27(2)25-26-28/h4-12H,13H2,1-3H3. The van der Waals surface area contributed by atoms with Crippen molar-refractivity contribution < 1.29 is 9.47 Å². The van der Waals surface area contributed by atoms with Crippen molar-refractivity contribution >= 4 is 11.6 Å². The Labute approximate surface area is 183 Å². The summed E-state index contributed by atoms with van der Waals surface area (Å²) in [5.41, 5.74) is 3.62. The lowest BCUT2D eigenvalue weighted by atomic mass is 10.1. The summed E-state index contributed by atoms with van der Waals surface area (Å²) < 4.78 is 14.0. The van der Waals surface area contributed by atoms with E-state index in [1.165, 1.54) is 4.68 Å². The van der Waals surface area contributed by atoms with E-state index in [9.17, 15) is 4.79 Å². The second kappa shape index (κ2) is 8.61. The number of hydrogen-bond acceptors (Lipinski definition) is 6. The van der Waals surface area contributed by atoms with E-state index >= 15 is 0 Å². The number of methoxy groups -OCH3 is 1. The largest absolute Gasteiger partial charge is 0.496 e. The van der Waals surface area contributed by atoms with E-state index in [4.69, 9.17) is 21.1 Å². The molecule has 9 heteroatoms. The number of pyridine rings is 1. The lowest BCUT2D eigenvalue weighted by Gasteiger charge is -2.15. The van der Waals surface area contributed by atoms with E-state index in [0.29, 0.717) is 27.8 Å². The van der Waals surface area contributed by atoms with Crippen molar-refractivity contribution in [2.24, 2.45) is 7.05 Å². The van der Waals surface area contributed by atoms with E-state index in [0.717, 1.165) is 21.5 Å². The van der Waals surface area contributed by atoms with Gasteiger partial charge in [-0.1, -0.05) is 17.7 Å². The number of halogens is 1. The predicted octanol–water partition coefficient (Wildman–Crippen LogP) is 3.58. The van der Waals surface area contributed by atoms with Crippen LogP contribution in [0, 0.1) is 6.92 Å². The Morgan fingerprint density at radius 2 is 1.90 bits per heavy atom. The molecule has 158 valence electrons. The molecule has 0 unspecified atom stereocenters. The molecule has 0 fully saturated rings. The Hall–Kier alpha value is -3.65. The minimum atomic E-state index is -0.356. The maximum absolute atomic E-state index is 12.3. The maximum atomic E-state index is 12.3. The van der Waals surface area contributed by atoms with E-state index in [1.807, 2.05) is 37.3 Å². The van der Waals surface area contributed by atoms with Crippen LogP contribution in [0.1, 0.15) is 11.1 Å². The van der Waals surface area contributed by atoms with Gasteiger partial charge in [-0.15, -0.1) is 0 Å². The fourth-order valence-corrected chi connectivity index (χ4v) is 3.33. The number of benzene rings is 2. The second-order valence-corrected chi connectivity index (χ2v) is 7.32. The first-order chi connectivity index (χ1) is 15.0. The number of aryl methyl sites for hydroxylation is 2. The second-order valence-electron chi connectivity index (χ2n) is 6.89. The lowest BCUT2D eigenvalue weighted by Crippen LogP contribution is -2.23. The fourth-order valence-electron chi connectivity index (χ4n) is 3.22. The summed E-state index contributed by atoms with van der Waals surface area (Å²) >= 11 is 5.92. The molecule has 0 saturated carbocycles. The molecular weight excluding hydrogens is 418 g/mol. The van der Waals surface area contributed by atoms with Gasteiger partial charge < -0.3 is 9.47 Å². The van der Waals surface area contributed by atoms with E-state index in [1.54, 1.807) is 38.6 Å². The van der Waals surface area contributed by atoms with Gasteiger partial charge in [-0.25, -0.2) is 4.79 Å². The molecule has 2 aromatic carbocycles. The van der Waals surface area contributed by atoms with Crippen molar-refractivity contribution in [2.75, 3.05) is 7.11 Å². The summed E-state index contributed by atoms with van der Waals surface area (Å²) in [6.45, 7) is 2.15. The summed E-state index contributed by atoms with van der Waals surface area (Å²) in [7, 11) is 3.11. The zero-order chi connectivity index (χ0) is 22.0. The van der Waals surface area contributed by atoms with Gasteiger partial charge in [0.25, 0.3) is 0 Å². The highest BCUT2D eigenvalue weighted by Crippen LogP contribution is 2.29. The fraction of sp³-hybridized carbons (Fsp3) is 0.182. The van der Waals surface area contributed by atoms with Crippen LogP contribution in [0.4, 0.5) is 0 Å². The topological polar surface area (TPSA) is 84.1 Å². The van der Waals surface area contributed by atoms with Crippen molar-refractivity contribution in [2.45, 2.75) is 13.5 Å². The van der Waals surface area contributed by atoms with Crippen LogP contribution in [-0.2, 0) is 13.7 Å². The van der Waals surface area contributed by atoms with Crippen molar-refractivity contribution in [3.8, 4) is 28.4 Å². The molecule has 4 rings (SSSR count). The van der Waals surface area contributed by atoms with Crippen molar-refractivity contribution in [1.29, 1.82) is 0 Å². The molecule has 0 spiro atoms. The minimum absolute atomic E-state index is 0.182. The molecule has 8 nitrogen and oxygen atoms in total. The maximum Gasteiger partial charge on any atom is 0.368 e. The molecule has 0 N–H and O–H groups in total. The number of aromatic nitrogens is 5. The summed E-state index contributed by atoms with van der Waals surface area (Å²) in [5.74, 6) is 1.30. The number of ether oxygens (including phenoxy) is 2. The highest BCUT2D eigenvalue weighted by molar-refractivity contribution is 6.30. The van der Waals surface area contributed by atoms with E-state index in [2.05, 4.69) is 15.4 Å². The molecular formula is C22H20ClN5O3. The Morgan fingerprint density at radius 3 is 2.55 bits per heavy atom. The third-order valence-electron chi connectivity index (χ3n) is 4.85. The first kappa shape index (κ1) is 20.6. The van der Waals surface area contributed by atoms with Gasteiger partial charge in [-0.3, -0.25) is 4.98 Å². The van der Waals surface area contributed by atoms with Gasteiger partial charge in [-0.2, -0.15) is 9.36 Å². The zero-order valence-electron chi connectivity index (χ0n) is 17.2. The highest BCUT2D eigenvalue weighted by Gasteiger charge is 2.16. The summed E-state index contributed by atoms with van der Waals surface area (Å²) in [6.07, 6.45) is 1.62. The Kier molecular flexibility index (Phi) is 5.73. The van der Waals surface area contributed by atoms with Gasteiger partial charge in [0, 0.05) is 18.8 Å². The number of hydrogen-bond donors (Lipinski definition) is 0. The first-order valence-electron chi connectivity index (χ1n) is 9.48. The molecule has 0 amide bonds. The number of tetrazole rings is 1. The average molecular weight is 438 g/mol. The van der Waals surface area contributed by atoms with Crippen LogP contribution in [0.5, 0.6) is 11.5 Å². The average Bonchev–Trinajstić information content (AvgIpc) is 3.11. The SMILES string of the molecule is COc1cccc(-n2nnn(C)c2=O)c1COc1ccc(-c2ccc(Cl)cn2)cc1C. The third-order valence-corrected chi connectivity index (χ3v) is 5.07. The minimum Gasteiger partial charge on any atom is -0.496 e. The Bertz CT molecular complexity index is 1280. The number of rotatable bonds is 6. The molecule has 31 heavy (non-hydrogen) atoms. The molecule has 4 aromatic rings. The smallest absolute Gasteiger partial charge is 0.368 e. The molecule has 0 aliphatic heterocycles. The quantitative estimate of drug-likeness (QED) is 0.458. The molecule has 0 atom stereocenters. The van der Waals surface area contributed by atoms with Crippen LogP contribution >= 0.6 is 11.6 Å². The summed E-state index contributed by atoms with van der Waals surface area (Å²) in [5, 5.41) is 8.31. The van der Waals surface area contributed by atoms with Crippen molar-refractivity contribution in [3.05, 3.63) is 81.4 Å². The van der Waals surface area contributed by atoms with Crippen molar-refractivity contribution in [3.63, 3.8) is 0 Å². The van der Waals surface area contributed by atoms with Crippen molar-refractivity contribution in [1.82, 2.24) is 24.8 Å². The predicted molar refractivity (Wildman–Crippen MR) is 117 cm³/mol. The monoisotopic (exact) mass is 437 g/mol. The van der Waals surface area contributed by atoms with Gasteiger partial charge in [0.2, 0.25) is 0 Å². The third kappa shape index (κ3) is 4.15. The first-order valence-corrected chi connectivity index (χ1v) is 9.86. The van der Waals surface area contributed by atoms with Gasteiger partial charge in [0.05, 0.1) is 29.1 Å². The summed E-state index contributed by atoms with van der Waals surface area (Å²) in [6, 6.07) is 14.9. The molecule has 2 heterocycles. The molecule has 0 aliphatic carbocycles. The van der Waals surface area contributed by atoms with Gasteiger partial charge in [-0.05, 0) is 65.4 Å². The molecule has 0 bridgehead atoms. The normalized spacial score (nSPS) is 10.8. The molecule has 0 aliphatic rings. The van der Waals surface area contributed by atoms with Crippen LogP contribution in [-0.4, -0.2) is 31.9 Å². The van der Waals surface area contributed by atoms with Crippen LogP contribution in [0.2, 0.25) is 5.02 Å². The Morgan fingerprint density at radius 1 is 1.06 bits per heavy atom. The van der Waals surface area contributed by atoms with Gasteiger partial charge in [0.1, 0.15) is 18.1 Å². The van der Waals surface area contributed by atoms with Gasteiger partial charge >= 0.3 is 5.69 Å². The lowest BCUT2D eigenvalue weighted by molar-refractivity contribution is 0.294.